The Kier molecular flexibility index (Phi) is 7.34. The number of methoxy groups -OCH3 is 1. The Hall–Kier alpha value is -2.90. The minimum Gasteiger partial charge on any atom is -0.497 e. The van der Waals surface area contributed by atoms with Crippen molar-refractivity contribution in [2.24, 2.45) is 0 Å². The highest BCUT2D eigenvalue weighted by molar-refractivity contribution is 6.30. The van der Waals surface area contributed by atoms with Crippen LogP contribution in [0.1, 0.15) is 10.4 Å². The Balaban J connectivity index is 1.80. The van der Waals surface area contributed by atoms with Crippen LogP contribution >= 0.6 is 11.6 Å². The summed E-state index contributed by atoms with van der Waals surface area (Å²) < 4.78 is 5.02. The Morgan fingerprint density at radius 2 is 1.70 bits per heavy atom. The van der Waals surface area contributed by atoms with Crippen LogP contribution in [0.25, 0.3) is 0 Å². The number of benzene rings is 2. The molecule has 0 fully saturated rings. The zero-order valence-corrected chi connectivity index (χ0v) is 15.7. The fraction of sp³-hybridized carbons (Fsp3) is 0.211. The van der Waals surface area contributed by atoms with Crippen molar-refractivity contribution in [2.75, 3.05) is 32.6 Å². The van der Waals surface area contributed by atoms with E-state index in [9.17, 15) is 14.4 Å². The third kappa shape index (κ3) is 6.73. The standard InChI is InChI=1S/C19H20ClN3O4/c1-23(11-17(24)21-15-5-3-4-14(20)10-15)12-18(25)22-19(26)13-6-8-16(27-2)9-7-13/h3-10H,11-12H2,1-2H3,(H,21,24)(H,22,25,26). The molecule has 27 heavy (non-hydrogen) atoms. The van der Waals surface area contributed by atoms with Crippen LogP contribution in [-0.4, -0.2) is 49.9 Å². The first-order chi connectivity index (χ1) is 12.9. The van der Waals surface area contributed by atoms with Gasteiger partial charge in [0.2, 0.25) is 11.8 Å². The first-order valence-electron chi connectivity index (χ1n) is 8.09. The molecular weight excluding hydrogens is 370 g/mol. The SMILES string of the molecule is COc1ccc(C(=O)NC(=O)CN(C)CC(=O)Nc2cccc(Cl)c2)cc1. The summed E-state index contributed by atoms with van der Waals surface area (Å²) in [5, 5.41) is 5.49. The maximum absolute atomic E-state index is 12.0. The van der Waals surface area contributed by atoms with Gasteiger partial charge in [-0.15, -0.1) is 0 Å². The lowest BCUT2D eigenvalue weighted by molar-refractivity contribution is -0.122. The minimum absolute atomic E-state index is 0.0172. The monoisotopic (exact) mass is 389 g/mol. The molecule has 0 aromatic heterocycles. The number of hydrogen-bond acceptors (Lipinski definition) is 5. The van der Waals surface area contributed by atoms with Gasteiger partial charge in [-0.3, -0.25) is 24.6 Å². The van der Waals surface area contributed by atoms with Crippen molar-refractivity contribution >= 4 is 35.0 Å². The zero-order valence-electron chi connectivity index (χ0n) is 15.0. The van der Waals surface area contributed by atoms with E-state index in [0.717, 1.165) is 0 Å². The molecule has 2 aromatic carbocycles. The third-order valence-electron chi connectivity index (χ3n) is 3.54. The van der Waals surface area contributed by atoms with E-state index in [1.54, 1.807) is 55.6 Å². The number of ether oxygens (including phenoxy) is 1. The van der Waals surface area contributed by atoms with E-state index in [2.05, 4.69) is 10.6 Å². The van der Waals surface area contributed by atoms with Crippen LogP contribution in [0.5, 0.6) is 5.75 Å². The fourth-order valence-corrected chi connectivity index (χ4v) is 2.48. The third-order valence-corrected chi connectivity index (χ3v) is 3.78. The summed E-state index contributed by atoms with van der Waals surface area (Å²) in [5.74, 6) is -0.703. The molecule has 2 aromatic rings. The first-order valence-corrected chi connectivity index (χ1v) is 8.47. The molecule has 0 aliphatic carbocycles. The molecule has 0 spiro atoms. The molecular formula is C19H20ClN3O4. The number of amides is 3. The summed E-state index contributed by atoms with van der Waals surface area (Å²) >= 11 is 5.87. The molecule has 2 N–H and O–H groups in total. The van der Waals surface area contributed by atoms with Gasteiger partial charge in [0, 0.05) is 16.3 Å². The molecule has 0 saturated heterocycles. The van der Waals surface area contributed by atoms with Crippen LogP contribution in [0, 0.1) is 0 Å². The summed E-state index contributed by atoms with van der Waals surface area (Å²) in [6.45, 7) is -0.123. The number of rotatable bonds is 7. The molecule has 3 amide bonds. The van der Waals surface area contributed by atoms with E-state index in [4.69, 9.17) is 16.3 Å². The maximum atomic E-state index is 12.0. The molecule has 0 unspecified atom stereocenters. The number of imide groups is 1. The second-order valence-corrected chi connectivity index (χ2v) is 6.27. The lowest BCUT2D eigenvalue weighted by Gasteiger charge is -2.15. The Bertz CT molecular complexity index is 824. The Morgan fingerprint density at radius 3 is 2.33 bits per heavy atom. The molecule has 2 rings (SSSR count). The van der Waals surface area contributed by atoms with Crippen molar-refractivity contribution in [3.63, 3.8) is 0 Å². The van der Waals surface area contributed by atoms with Crippen LogP contribution in [0.15, 0.2) is 48.5 Å². The van der Waals surface area contributed by atoms with Crippen LogP contribution in [-0.2, 0) is 9.59 Å². The van der Waals surface area contributed by atoms with Gasteiger partial charge in [0.25, 0.3) is 5.91 Å². The van der Waals surface area contributed by atoms with Crippen molar-refractivity contribution in [1.29, 1.82) is 0 Å². The first kappa shape index (κ1) is 20.4. The van der Waals surface area contributed by atoms with Crippen molar-refractivity contribution < 1.29 is 19.1 Å². The van der Waals surface area contributed by atoms with Crippen LogP contribution < -0.4 is 15.4 Å². The number of anilines is 1. The molecule has 8 heteroatoms. The molecule has 0 radical (unpaired) electrons. The van der Waals surface area contributed by atoms with E-state index in [-0.39, 0.29) is 19.0 Å². The molecule has 0 aliphatic heterocycles. The second-order valence-electron chi connectivity index (χ2n) is 5.84. The zero-order chi connectivity index (χ0) is 19.8. The van der Waals surface area contributed by atoms with E-state index >= 15 is 0 Å². The molecule has 142 valence electrons. The van der Waals surface area contributed by atoms with Gasteiger partial charge in [0.15, 0.2) is 0 Å². The van der Waals surface area contributed by atoms with Gasteiger partial charge in [-0.2, -0.15) is 0 Å². The Labute approximate surface area is 162 Å². The fourth-order valence-electron chi connectivity index (χ4n) is 2.29. The largest absolute Gasteiger partial charge is 0.497 e. The summed E-state index contributed by atoms with van der Waals surface area (Å²) in [7, 11) is 3.13. The number of nitrogens with one attached hydrogen (secondary N) is 2. The normalized spacial score (nSPS) is 10.4. The lowest BCUT2D eigenvalue weighted by Crippen LogP contribution is -2.41. The van der Waals surface area contributed by atoms with Crippen LogP contribution in [0.2, 0.25) is 5.02 Å². The highest BCUT2D eigenvalue weighted by Gasteiger charge is 2.14. The molecule has 0 aliphatic rings. The van der Waals surface area contributed by atoms with Gasteiger partial charge in [-0.25, -0.2) is 0 Å². The topological polar surface area (TPSA) is 87.7 Å². The van der Waals surface area contributed by atoms with Gasteiger partial charge in [-0.1, -0.05) is 17.7 Å². The average molecular weight is 390 g/mol. The number of nitrogens with zero attached hydrogens (tertiary/aromatic N) is 1. The smallest absolute Gasteiger partial charge is 0.257 e. The molecule has 0 saturated carbocycles. The van der Waals surface area contributed by atoms with Crippen molar-refractivity contribution in [3.05, 3.63) is 59.1 Å². The van der Waals surface area contributed by atoms with E-state index in [1.165, 1.54) is 12.0 Å². The number of carbonyl (C=O) groups is 3. The molecule has 0 atom stereocenters. The van der Waals surface area contributed by atoms with Gasteiger partial charge >= 0.3 is 0 Å². The number of halogens is 1. The van der Waals surface area contributed by atoms with Gasteiger partial charge in [-0.05, 0) is 49.5 Å². The van der Waals surface area contributed by atoms with Crippen LogP contribution in [0.3, 0.4) is 0 Å². The van der Waals surface area contributed by atoms with Gasteiger partial charge in [0.05, 0.1) is 20.2 Å². The molecule has 0 heterocycles. The number of hydrogen-bond donors (Lipinski definition) is 2. The molecule has 0 bridgehead atoms. The minimum atomic E-state index is -0.514. The predicted octanol–water partition coefficient (Wildman–Crippen LogP) is 2.18. The summed E-state index contributed by atoms with van der Waals surface area (Å²) in [6, 6.07) is 13.1. The average Bonchev–Trinajstić information content (AvgIpc) is 2.61. The van der Waals surface area contributed by atoms with Gasteiger partial charge in [0.1, 0.15) is 5.75 Å². The predicted molar refractivity (Wildman–Crippen MR) is 103 cm³/mol. The lowest BCUT2D eigenvalue weighted by atomic mass is 10.2. The summed E-state index contributed by atoms with van der Waals surface area (Å²) in [4.78, 5) is 37.6. The Morgan fingerprint density at radius 1 is 1.04 bits per heavy atom. The van der Waals surface area contributed by atoms with Crippen molar-refractivity contribution in [2.45, 2.75) is 0 Å². The quantitative estimate of drug-likeness (QED) is 0.757. The molecule has 7 nitrogen and oxygen atoms in total. The number of carbonyl (C=O) groups excluding carboxylic acids is 3. The van der Waals surface area contributed by atoms with Crippen molar-refractivity contribution in [3.8, 4) is 5.75 Å². The van der Waals surface area contributed by atoms with E-state index in [1.807, 2.05) is 0 Å². The summed E-state index contributed by atoms with van der Waals surface area (Å²) in [5.41, 5.74) is 0.908. The van der Waals surface area contributed by atoms with E-state index in [0.29, 0.717) is 22.0 Å². The highest BCUT2D eigenvalue weighted by atomic mass is 35.5. The second kappa shape index (κ2) is 9.70. The summed E-state index contributed by atoms with van der Waals surface area (Å²) in [6.07, 6.45) is 0. The van der Waals surface area contributed by atoms with Crippen LogP contribution in [0.4, 0.5) is 5.69 Å². The highest BCUT2D eigenvalue weighted by Crippen LogP contribution is 2.14. The maximum Gasteiger partial charge on any atom is 0.257 e. The number of likely N-dealkylation sites (N-methyl/N-ethyl adjacent to an activating group) is 1. The van der Waals surface area contributed by atoms with Crippen molar-refractivity contribution in [1.82, 2.24) is 10.2 Å². The van der Waals surface area contributed by atoms with Gasteiger partial charge < -0.3 is 10.1 Å². The van der Waals surface area contributed by atoms with E-state index < -0.39 is 11.8 Å².